The zero-order valence-electron chi connectivity index (χ0n) is 8.69. The van der Waals surface area contributed by atoms with E-state index >= 15 is 0 Å². The molecule has 0 aliphatic carbocycles. The summed E-state index contributed by atoms with van der Waals surface area (Å²) in [6, 6.07) is 1.90. The van der Waals surface area contributed by atoms with Crippen molar-refractivity contribution in [2.75, 3.05) is 6.61 Å². The normalized spacial score (nSPS) is 12.7. The number of thiophene rings is 1. The minimum Gasteiger partial charge on any atom is -0.395 e. The van der Waals surface area contributed by atoms with Gasteiger partial charge in [-0.1, -0.05) is 6.92 Å². The fourth-order valence-corrected chi connectivity index (χ4v) is 2.01. The average Bonchev–Trinajstić information content (AvgIpc) is 2.68. The van der Waals surface area contributed by atoms with E-state index in [1.54, 1.807) is 11.4 Å². The van der Waals surface area contributed by atoms with Crippen LogP contribution in [-0.2, 0) is 6.54 Å². The van der Waals surface area contributed by atoms with Gasteiger partial charge in [0.1, 0.15) is 0 Å². The average molecular weight is 228 g/mol. The summed E-state index contributed by atoms with van der Waals surface area (Å²) in [5.74, 6) is -0.397. The van der Waals surface area contributed by atoms with Gasteiger partial charge in [0.05, 0.1) is 12.2 Å². The molecule has 0 fully saturated rings. The van der Waals surface area contributed by atoms with Crippen molar-refractivity contribution in [3.63, 3.8) is 0 Å². The third-order valence-corrected chi connectivity index (χ3v) is 3.15. The van der Waals surface area contributed by atoms with Gasteiger partial charge in [0.15, 0.2) is 0 Å². The Morgan fingerprint density at radius 2 is 2.47 bits per heavy atom. The summed E-state index contributed by atoms with van der Waals surface area (Å²) in [5, 5.41) is 13.9. The molecule has 4 nitrogen and oxygen atoms in total. The van der Waals surface area contributed by atoms with Crippen molar-refractivity contribution in [3.8, 4) is 0 Å². The first-order valence-corrected chi connectivity index (χ1v) is 5.76. The number of carbonyl (C=O) groups is 1. The highest BCUT2D eigenvalue weighted by Gasteiger charge is 2.07. The topological polar surface area (TPSA) is 75.3 Å². The molecular formula is C10H16N2O2S. The van der Waals surface area contributed by atoms with E-state index in [0.29, 0.717) is 12.1 Å². The first-order valence-electron chi connectivity index (χ1n) is 4.88. The highest BCUT2D eigenvalue weighted by atomic mass is 32.1. The molecule has 5 heteroatoms. The lowest BCUT2D eigenvalue weighted by Gasteiger charge is -2.12. The molecule has 4 N–H and O–H groups in total. The van der Waals surface area contributed by atoms with E-state index in [0.717, 1.165) is 11.3 Å². The standard InChI is InChI=1S/C10H16N2O2S/c1-2-8(5-13)12-4-9-3-7(6-15-9)10(11)14/h3,6,8,12-13H,2,4-5H2,1H3,(H2,11,14)/t8-/m0/s1. The van der Waals surface area contributed by atoms with Crippen LogP contribution in [0.15, 0.2) is 11.4 Å². The third-order valence-electron chi connectivity index (χ3n) is 2.22. The van der Waals surface area contributed by atoms with E-state index in [9.17, 15) is 4.79 Å². The zero-order valence-corrected chi connectivity index (χ0v) is 9.51. The monoisotopic (exact) mass is 228 g/mol. The maximum absolute atomic E-state index is 10.8. The lowest BCUT2D eigenvalue weighted by molar-refractivity contribution is 0.100. The van der Waals surface area contributed by atoms with Crippen molar-refractivity contribution in [2.45, 2.75) is 25.9 Å². The molecule has 1 aromatic heterocycles. The second-order valence-electron chi connectivity index (χ2n) is 3.33. The van der Waals surface area contributed by atoms with Gasteiger partial charge in [-0.15, -0.1) is 11.3 Å². The van der Waals surface area contributed by atoms with Gasteiger partial charge in [-0.3, -0.25) is 4.79 Å². The van der Waals surface area contributed by atoms with Gasteiger partial charge < -0.3 is 16.2 Å². The van der Waals surface area contributed by atoms with Crippen LogP contribution >= 0.6 is 11.3 Å². The Balaban J connectivity index is 2.47. The molecular weight excluding hydrogens is 212 g/mol. The van der Waals surface area contributed by atoms with Gasteiger partial charge in [0.2, 0.25) is 5.91 Å². The van der Waals surface area contributed by atoms with Crippen molar-refractivity contribution in [3.05, 3.63) is 21.9 Å². The van der Waals surface area contributed by atoms with Crippen LogP contribution in [0.25, 0.3) is 0 Å². The van der Waals surface area contributed by atoms with Crippen LogP contribution < -0.4 is 11.1 Å². The fraction of sp³-hybridized carbons (Fsp3) is 0.500. The Bertz CT molecular complexity index is 321. The molecule has 1 amide bonds. The molecule has 15 heavy (non-hydrogen) atoms. The number of carbonyl (C=O) groups excluding carboxylic acids is 1. The highest BCUT2D eigenvalue weighted by molar-refractivity contribution is 7.10. The van der Waals surface area contributed by atoms with E-state index in [2.05, 4.69) is 5.32 Å². The van der Waals surface area contributed by atoms with Crippen LogP contribution in [0.5, 0.6) is 0 Å². The summed E-state index contributed by atoms with van der Waals surface area (Å²) in [6.45, 7) is 2.80. The predicted molar refractivity (Wildman–Crippen MR) is 60.8 cm³/mol. The maximum Gasteiger partial charge on any atom is 0.249 e. The van der Waals surface area contributed by atoms with Crippen LogP contribution in [0.1, 0.15) is 28.6 Å². The Kier molecular flexibility index (Phi) is 4.74. The first-order chi connectivity index (χ1) is 7.17. The molecule has 1 atom stereocenters. The van der Waals surface area contributed by atoms with Gasteiger partial charge in [0, 0.05) is 22.8 Å². The number of aliphatic hydroxyl groups is 1. The van der Waals surface area contributed by atoms with Crippen molar-refractivity contribution >= 4 is 17.2 Å². The summed E-state index contributed by atoms with van der Waals surface area (Å²) in [4.78, 5) is 11.9. The smallest absolute Gasteiger partial charge is 0.249 e. The summed E-state index contributed by atoms with van der Waals surface area (Å²) in [7, 11) is 0. The zero-order chi connectivity index (χ0) is 11.3. The summed E-state index contributed by atoms with van der Waals surface area (Å²) >= 11 is 1.50. The van der Waals surface area contributed by atoms with Crippen LogP contribution in [0, 0.1) is 0 Å². The lowest BCUT2D eigenvalue weighted by atomic mass is 10.2. The third kappa shape index (κ3) is 3.62. The molecule has 84 valence electrons. The van der Waals surface area contributed by atoms with E-state index in [-0.39, 0.29) is 12.6 Å². The summed E-state index contributed by atoms with van der Waals surface area (Å²) < 4.78 is 0. The van der Waals surface area contributed by atoms with Crippen LogP contribution in [0.2, 0.25) is 0 Å². The predicted octanol–water partition coefficient (Wildman–Crippen LogP) is 0.707. The molecule has 0 saturated carbocycles. The van der Waals surface area contributed by atoms with E-state index in [4.69, 9.17) is 10.8 Å². The quantitative estimate of drug-likeness (QED) is 0.671. The Hall–Kier alpha value is -0.910. The molecule has 1 heterocycles. The molecule has 1 rings (SSSR count). The van der Waals surface area contributed by atoms with Gasteiger partial charge >= 0.3 is 0 Å². The molecule has 0 aliphatic heterocycles. The van der Waals surface area contributed by atoms with Gasteiger partial charge in [-0.05, 0) is 12.5 Å². The Morgan fingerprint density at radius 3 is 2.93 bits per heavy atom. The minimum atomic E-state index is -0.397. The van der Waals surface area contributed by atoms with E-state index in [1.165, 1.54) is 11.3 Å². The molecule has 0 bridgehead atoms. The molecule has 0 aliphatic rings. The number of aliphatic hydroxyl groups excluding tert-OH is 1. The second kappa shape index (κ2) is 5.85. The van der Waals surface area contributed by atoms with Gasteiger partial charge in [0.25, 0.3) is 0 Å². The van der Waals surface area contributed by atoms with Crippen molar-refractivity contribution < 1.29 is 9.90 Å². The number of hydrogen-bond acceptors (Lipinski definition) is 4. The molecule has 1 aromatic rings. The van der Waals surface area contributed by atoms with Crippen molar-refractivity contribution in [1.29, 1.82) is 0 Å². The first kappa shape index (κ1) is 12.2. The summed E-state index contributed by atoms with van der Waals surface area (Å²) in [6.07, 6.45) is 0.880. The Labute approximate surface area is 93.1 Å². The minimum absolute atomic E-state index is 0.115. The molecule has 0 radical (unpaired) electrons. The number of amides is 1. The van der Waals surface area contributed by atoms with E-state index < -0.39 is 5.91 Å². The summed E-state index contributed by atoms with van der Waals surface area (Å²) in [5.41, 5.74) is 5.69. The SMILES string of the molecule is CC[C@@H](CO)NCc1cc(C(N)=O)cs1. The van der Waals surface area contributed by atoms with Crippen molar-refractivity contribution in [1.82, 2.24) is 5.32 Å². The molecule has 0 unspecified atom stereocenters. The maximum atomic E-state index is 10.8. The van der Waals surface area contributed by atoms with E-state index in [1.807, 2.05) is 6.92 Å². The van der Waals surface area contributed by atoms with Gasteiger partial charge in [-0.25, -0.2) is 0 Å². The number of rotatable bonds is 6. The van der Waals surface area contributed by atoms with Gasteiger partial charge in [-0.2, -0.15) is 0 Å². The lowest BCUT2D eigenvalue weighted by Crippen LogP contribution is -2.30. The van der Waals surface area contributed by atoms with Crippen molar-refractivity contribution in [2.24, 2.45) is 5.73 Å². The molecule has 0 saturated heterocycles. The number of nitrogens with two attached hydrogens (primary N) is 1. The van der Waals surface area contributed by atoms with Crippen LogP contribution in [0.3, 0.4) is 0 Å². The second-order valence-corrected chi connectivity index (χ2v) is 4.33. The largest absolute Gasteiger partial charge is 0.395 e. The number of hydrogen-bond donors (Lipinski definition) is 3. The van der Waals surface area contributed by atoms with Crippen LogP contribution in [0.4, 0.5) is 0 Å². The fourth-order valence-electron chi connectivity index (χ4n) is 1.19. The number of nitrogens with one attached hydrogen (secondary N) is 1. The molecule has 0 aromatic carbocycles. The number of primary amides is 1. The highest BCUT2D eigenvalue weighted by Crippen LogP contribution is 2.14. The molecule has 0 spiro atoms. The Morgan fingerprint density at radius 1 is 1.73 bits per heavy atom. The van der Waals surface area contributed by atoms with Crippen LogP contribution in [-0.4, -0.2) is 23.7 Å².